The molecule has 0 radical (unpaired) electrons. The fraction of sp³-hybridized carbons (Fsp3) is 1.00. The highest BCUT2D eigenvalue weighted by atomic mass is 16.5. The monoisotopic (exact) mass is 270 g/mol. The molecule has 1 N–H and O–H groups in total. The molecular formula is C16H34N2O. The summed E-state index contributed by atoms with van der Waals surface area (Å²) in [5.41, 5.74) is -0.100. The lowest BCUT2D eigenvalue weighted by Gasteiger charge is -2.50. The second-order valence-electron chi connectivity index (χ2n) is 7.53. The van der Waals surface area contributed by atoms with Crippen LogP contribution in [0.15, 0.2) is 0 Å². The van der Waals surface area contributed by atoms with Crippen molar-refractivity contribution in [1.29, 1.82) is 0 Å². The Bertz CT molecular complexity index is 258. The number of ether oxygens (including phenoxy) is 1. The molecule has 0 bridgehead atoms. The highest BCUT2D eigenvalue weighted by Gasteiger charge is 2.40. The van der Waals surface area contributed by atoms with Crippen molar-refractivity contribution in [2.45, 2.75) is 84.6 Å². The first-order valence-electron chi connectivity index (χ1n) is 7.83. The zero-order chi connectivity index (χ0) is 14.7. The van der Waals surface area contributed by atoms with Gasteiger partial charge in [-0.2, -0.15) is 0 Å². The number of hydrogen-bond acceptors (Lipinski definition) is 3. The molecule has 1 aliphatic heterocycles. The van der Waals surface area contributed by atoms with Crippen molar-refractivity contribution < 1.29 is 4.74 Å². The Morgan fingerprint density at radius 3 is 2.05 bits per heavy atom. The second kappa shape index (κ2) is 6.55. The van der Waals surface area contributed by atoms with Crippen LogP contribution in [-0.2, 0) is 4.74 Å². The number of rotatable bonds is 6. The van der Waals surface area contributed by atoms with E-state index in [1.54, 1.807) is 0 Å². The van der Waals surface area contributed by atoms with E-state index >= 15 is 0 Å². The van der Waals surface area contributed by atoms with Crippen LogP contribution in [0.1, 0.15) is 61.3 Å². The van der Waals surface area contributed by atoms with Crippen LogP contribution in [-0.4, -0.2) is 47.8 Å². The molecule has 1 heterocycles. The number of nitrogens with zero attached hydrogens (tertiary/aromatic N) is 1. The number of morpholine rings is 1. The van der Waals surface area contributed by atoms with E-state index in [2.05, 4.69) is 58.7 Å². The summed E-state index contributed by atoms with van der Waals surface area (Å²) < 4.78 is 6.18. The molecule has 0 spiro atoms. The van der Waals surface area contributed by atoms with Gasteiger partial charge in [0, 0.05) is 31.7 Å². The average molecular weight is 270 g/mol. The van der Waals surface area contributed by atoms with E-state index in [-0.39, 0.29) is 11.2 Å². The van der Waals surface area contributed by atoms with E-state index in [1.165, 1.54) is 12.8 Å². The molecule has 3 heteroatoms. The summed E-state index contributed by atoms with van der Waals surface area (Å²) in [5.74, 6) is 0. The molecule has 0 amide bonds. The molecule has 1 fully saturated rings. The molecule has 3 nitrogen and oxygen atoms in total. The van der Waals surface area contributed by atoms with Gasteiger partial charge in [0.2, 0.25) is 0 Å². The zero-order valence-electron chi connectivity index (χ0n) is 14.0. The SMILES string of the molecule is CCCC(CNC(C)C)N1CC(C)(C)OC(C)(C)C1. The van der Waals surface area contributed by atoms with Gasteiger partial charge in [-0.25, -0.2) is 0 Å². The van der Waals surface area contributed by atoms with Crippen LogP contribution in [0.2, 0.25) is 0 Å². The van der Waals surface area contributed by atoms with Gasteiger partial charge >= 0.3 is 0 Å². The van der Waals surface area contributed by atoms with Crippen molar-refractivity contribution in [1.82, 2.24) is 10.2 Å². The van der Waals surface area contributed by atoms with Crippen molar-refractivity contribution >= 4 is 0 Å². The maximum atomic E-state index is 6.18. The third-order valence-corrected chi connectivity index (χ3v) is 3.62. The van der Waals surface area contributed by atoms with E-state index in [9.17, 15) is 0 Å². The third-order valence-electron chi connectivity index (χ3n) is 3.62. The fourth-order valence-corrected chi connectivity index (χ4v) is 3.22. The molecule has 0 aromatic heterocycles. The van der Waals surface area contributed by atoms with Gasteiger partial charge in [-0.3, -0.25) is 4.90 Å². The smallest absolute Gasteiger partial charge is 0.0760 e. The molecule has 0 aliphatic carbocycles. The van der Waals surface area contributed by atoms with Crippen LogP contribution in [0.3, 0.4) is 0 Å². The highest BCUT2D eigenvalue weighted by molar-refractivity contribution is 4.92. The first-order chi connectivity index (χ1) is 8.65. The van der Waals surface area contributed by atoms with E-state index in [4.69, 9.17) is 4.74 Å². The molecule has 19 heavy (non-hydrogen) atoms. The van der Waals surface area contributed by atoms with Crippen molar-refractivity contribution in [2.24, 2.45) is 0 Å². The van der Waals surface area contributed by atoms with Crippen LogP contribution in [0.4, 0.5) is 0 Å². The second-order valence-corrected chi connectivity index (χ2v) is 7.53. The van der Waals surface area contributed by atoms with Gasteiger partial charge in [0.15, 0.2) is 0 Å². The van der Waals surface area contributed by atoms with Gasteiger partial charge in [-0.1, -0.05) is 27.2 Å². The van der Waals surface area contributed by atoms with Gasteiger partial charge in [-0.05, 0) is 34.1 Å². The minimum absolute atomic E-state index is 0.0500. The Kier molecular flexibility index (Phi) is 5.84. The van der Waals surface area contributed by atoms with E-state index < -0.39 is 0 Å². The summed E-state index contributed by atoms with van der Waals surface area (Å²) in [4.78, 5) is 2.63. The van der Waals surface area contributed by atoms with E-state index in [1.807, 2.05) is 0 Å². The zero-order valence-corrected chi connectivity index (χ0v) is 14.0. The molecular weight excluding hydrogens is 236 g/mol. The summed E-state index contributed by atoms with van der Waals surface area (Å²) in [6.45, 7) is 18.7. The van der Waals surface area contributed by atoms with Crippen LogP contribution in [0.5, 0.6) is 0 Å². The highest BCUT2D eigenvalue weighted by Crippen LogP contribution is 2.29. The Hall–Kier alpha value is -0.120. The Labute approximate surface area is 120 Å². The standard InChI is InChI=1S/C16H34N2O/c1-8-9-14(10-17-13(2)3)18-11-15(4,5)19-16(6,7)12-18/h13-14,17H,8-12H2,1-7H3. The molecule has 1 atom stereocenters. The normalized spacial score (nSPS) is 24.6. The fourth-order valence-electron chi connectivity index (χ4n) is 3.22. The van der Waals surface area contributed by atoms with Gasteiger partial charge in [0.05, 0.1) is 11.2 Å². The minimum atomic E-state index is -0.0500. The maximum absolute atomic E-state index is 6.18. The first kappa shape index (κ1) is 16.9. The first-order valence-corrected chi connectivity index (χ1v) is 7.83. The van der Waals surface area contributed by atoms with Gasteiger partial charge < -0.3 is 10.1 Å². The Balaban J connectivity index is 2.71. The predicted octanol–water partition coefficient (Wildman–Crippen LogP) is 3.04. The van der Waals surface area contributed by atoms with Crippen LogP contribution in [0.25, 0.3) is 0 Å². The lowest BCUT2D eigenvalue weighted by Crippen LogP contribution is -2.61. The molecule has 1 aliphatic rings. The number of hydrogen-bond donors (Lipinski definition) is 1. The quantitative estimate of drug-likeness (QED) is 0.803. The van der Waals surface area contributed by atoms with Crippen molar-refractivity contribution in [2.75, 3.05) is 19.6 Å². The topological polar surface area (TPSA) is 24.5 Å². The average Bonchev–Trinajstić information content (AvgIpc) is 2.19. The van der Waals surface area contributed by atoms with Gasteiger partial charge in [-0.15, -0.1) is 0 Å². The molecule has 1 unspecified atom stereocenters. The van der Waals surface area contributed by atoms with Crippen LogP contribution < -0.4 is 5.32 Å². The van der Waals surface area contributed by atoms with E-state index in [0.717, 1.165) is 19.6 Å². The van der Waals surface area contributed by atoms with Crippen LogP contribution >= 0.6 is 0 Å². The largest absolute Gasteiger partial charge is 0.367 e. The lowest BCUT2D eigenvalue weighted by molar-refractivity contribution is -0.187. The summed E-state index contributed by atoms with van der Waals surface area (Å²) in [5, 5.41) is 3.60. The molecule has 0 saturated carbocycles. The van der Waals surface area contributed by atoms with Gasteiger partial charge in [0.1, 0.15) is 0 Å². The van der Waals surface area contributed by atoms with Crippen molar-refractivity contribution in [3.8, 4) is 0 Å². The summed E-state index contributed by atoms with van der Waals surface area (Å²) in [7, 11) is 0. The lowest BCUT2D eigenvalue weighted by atomic mass is 9.96. The summed E-state index contributed by atoms with van der Waals surface area (Å²) >= 11 is 0. The van der Waals surface area contributed by atoms with Crippen LogP contribution in [0, 0.1) is 0 Å². The Morgan fingerprint density at radius 1 is 1.11 bits per heavy atom. The van der Waals surface area contributed by atoms with Gasteiger partial charge in [0.25, 0.3) is 0 Å². The minimum Gasteiger partial charge on any atom is -0.367 e. The molecule has 1 rings (SSSR count). The maximum Gasteiger partial charge on any atom is 0.0760 e. The molecule has 0 aromatic rings. The molecule has 0 aromatic carbocycles. The molecule has 1 saturated heterocycles. The Morgan fingerprint density at radius 2 is 1.63 bits per heavy atom. The number of nitrogens with one attached hydrogen (secondary N) is 1. The van der Waals surface area contributed by atoms with Crippen molar-refractivity contribution in [3.63, 3.8) is 0 Å². The summed E-state index contributed by atoms with van der Waals surface area (Å²) in [6.07, 6.45) is 2.49. The van der Waals surface area contributed by atoms with E-state index in [0.29, 0.717) is 12.1 Å². The molecule has 114 valence electrons. The summed E-state index contributed by atoms with van der Waals surface area (Å²) in [6, 6.07) is 1.18. The van der Waals surface area contributed by atoms with Crippen molar-refractivity contribution in [3.05, 3.63) is 0 Å². The third kappa shape index (κ3) is 5.80. The predicted molar refractivity (Wildman–Crippen MR) is 82.7 cm³/mol.